The van der Waals surface area contributed by atoms with Crippen molar-refractivity contribution < 1.29 is 0 Å². The van der Waals surface area contributed by atoms with Crippen molar-refractivity contribution in [3.05, 3.63) is 59.7 Å². The zero-order chi connectivity index (χ0) is 13.7. The number of aryl methyl sites for hydroxylation is 1. The van der Waals surface area contributed by atoms with Crippen LogP contribution in [-0.4, -0.2) is 0 Å². The maximum Gasteiger partial charge on any atom is -0.0184 e. The van der Waals surface area contributed by atoms with E-state index in [9.17, 15) is 0 Å². The molecular formula is C19H24. The topological polar surface area (TPSA) is 0 Å². The maximum absolute atomic E-state index is 2.26. The summed E-state index contributed by atoms with van der Waals surface area (Å²) in [5.74, 6) is 0.721. The molecule has 0 heterocycles. The van der Waals surface area contributed by atoms with Crippen LogP contribution in [-0.2, 0) is 12.8 Å². The molecule has 0 N–H and O–H groups in total. The lowest BCUT2D eigenvalue weighted by molar-refractivity contribution is 0.647. The Bertz CT molecular complexity index is 489. The fraction of sp³-hybridized carbons (Fsp3) is 0.368. The molecule has 19 heavy (non-hydrogen) atoms. The van der Waals surface area contributed by atoms with Gasteiger partial charge in [-0.25, -0.2) is 0 Å². The Morgan fingerprint density at radius 3 is 1.63 bits per heavy atom. The zero-order valence-electron chi connectivity index (χ0n) is 12.3. The number of hydrogen-bond donors (Lipinski definition) is 0. The van der Waals surface area contributed by atoms with Crippen molar-refractivity contribution in [2.75, 3.05) is 0 Å². The van der Waals surface area contributed by atoms with Crippen molar-refractivity contribution in [1.29, 1.82) is 0 Å². The summed E-state index contributed by atoms with van der Waals surface area (Å²) in [6, 6.07) is 18.0. The summed E-state index contributed by atoms with van der Waals surface area (Å²) in [5, 5.41) is 0. The van der Waals surface area contributed by atoms with Crippen molar-refractivity contribution in [2.45, 2.75) is 40.0 Å². The molecule has 0 saturated carbocycles. The minimum Gasteiger partial charge on any atom is -0.0651 e. The second-order valence-corrected chi connectivity index (χ2v) is 5.74. The lowest BCUT2D eigenvalue weighted by atomic mass is 9.98. The molecule has 0 radical (unpaired) electrons. The lowest BCUT2D eigenvalue weighted by Gasteiger charge is -2.07. The fourth-order valence-electron chi connectivity index (χ4n) is 2.46. The van der Waals surface area contributed by atoms with Crippen molar-refractivity contribution in [3.8, 4) is 11.1 Å². The molecule has 0 atom stereocenters. The fourth-order valence-corrected chi connectivity index (χ4v) is 2.46. The molecule has 0 nitrogen and oxygen atoms in total. The number of benzene rings is 2. The van der Waals surface area contributed by atoms with Crippen LogP contribution in [0.25, 0.3) is 11.1 Å². The van der Waals surface area contributed by atoms with Crippen LogP contribution in [0.1, 0.15) is 38.3 Å². The summed E-state index contributed by atoms with van der Waals surface area (Å²) in [6.07, 6.45) is 3.55. The van der Waals surface area contributed by atoms with Crippen LogP contribution in [0.5, 0.6) is 0 Å². The highest BCUT2D eigenvalue weighted by atomic mass is 14.1. The molecule has 2 aromatic carbocycles. The highest BCUT2D eigenvalue weighted by Gasteiger charge is 2.00. The van der Waals surface area contributed by atoms with E-state index in [1.165, 1.54) is 35.1 Å². The number of hydrogen-bond acceptors (Lipinski definition) is 0. The average molecular weight is 252 g/mol. The minimum atomic E-state index is 0.721. The lowest BCUT2D eigenvalue weighted by Crippen LogP contribution is -1.93. The second-order valence-electron chi connectivity index (χ2n) is 5.74. The van der Waals surface area contributed by atoms with Crippen molar-refractivity contribution in [2.24, 2.45) is 5.92 Å². The van der Waals surface area contributed by atoms with Gasteiger partial charge >= 0.3 is 0 Å². The summed E-state index contributed by atoms with van der Waals surface area (Å²) in [4.78, 5) is 0. The molecule has 0 aliphatic carbocycles. The molecule has 0 bridgehead atoms. The van der Waals surface area contributed by atoms with Crippen LogP contribution in [0.4, 0.5) is 0 Å². The van der Waals surface area contributed by atoms with E-state index in [4.69, 9.17) is 0 Å². The van der Waals surface area contributed by atoms with Gasteiger partial charge in [-0.1, -0.05) is 75.7 Å². The summed E-state index contributed by atoms with van der Waals surface area (Å²) in [6.45, 7) is 6.75. The van der Waals surface area contributed by atoms with E-state index in [0.29, 0.717) is 0 Å². The molecule has 0 spiro atoms. The van der Waals surface area contributed by atoms with E-state index in [2.05, 4.69) is 69.3 Å². The summed E-state index contributed by atoms with van der Waals surface area (Å²) < 4.78 is 0. The molecule has 0 aromatic heterocycles. The monoisotopic (exact) mass is 252 g/mol. The van der Waals surface area contributed by atoms with Crippen LogP contribution in [0.15, 0.2) is 48.5 Å². The Morgan fingerprint density at radius 2 is 1.21 bits per heavy atom. The molecule has 0 saturated heterocycles. The third-order valence-electron chi connectivity index (χ3n) is 3.42. The summed E-state index contributed by atoms with van der Waals surface area (Å²) >= 11 is 0. The molecule has 0 aliphatic rings. The maximum atomic E-state index is 2.26. The first-order chi connectivity index (χ1) is 9.19. The van der Waals surface area contributed by atoms with Crippen molar-refractivity contribution in [1.82, 2.24) is 0 Å². The quantitative estimate of drug-likeness (QED) is 0.658. The largest absolute Gasteiger partial charge is 0.0651 e. The zero-order valence-corrected chi connectivity index (χ0v) is 12.3. The van der Waals surface area contributed by atoms with Crippen LogP contribution in [0, 0.1) is 5.92 Å². The van der Waals surface area contributed by atoms with Gasteiger partial charge in [0.25, 0.3) is 0 Å². The van der Waals surface area contributed by atoms with E-state index < -0.39 is 0 Å². The molecule has 0 aliphatic heterocycles. The van der Waals surface area contributed by atoms with Crippen molar-refractivity contribution in [3.63, 3.8) is 0 Å². The molecule has 2 rings (SSSR count). The van der Waals surface area contributed by atoms with Crippen LogP contribution in [0.2, 0.25) is 0 Å². The Kier molecular flexibility index (Phi) is 4.79. The highest BCUT2D eigenvalue weighted by molar-refractivity contribution is 5.63. The first-order valence-corrected chi connectivity index (χ1v) is 7.37. The number of rotatable bonds is 5. The third kappa shape index (κ3) is 3.96. The minimum absolute atomic E-state index is 0.721. The van der Waals surface area contributed by atoms with E-state index in [-0.39, 0.29) is 0 Å². The van der Waals surface area contributed by atoms with Gasteiger partial charge in [-0.15, -0.1) is 0 Å². The third-order valence-corrected chi connectivity index (χ3v) is 3.42. The highest BCUT2D eigenvalue weighted by Crippen LogP contribution is 2.21. The van der Waals surface area contributed by atoms with Gasteiger partial charge < -0.3 is 0 Å². The van der Waals surface area contributed by atoms with E-state index in [1.54, 1.807) is 0 Å². The summed E-state index contributed by atoms with van der Waals surface area (Å²) in [7, 11) is 0. The van der Waals surface area contributed by atoms with Gasteiger partial charge in [-0.2, -0.15) is 0 Å². The Hall–Kier alpha value is -1.56. The van der Waals surface area contributed by atoms with Crippen molar-refractivity contribution >= 4 is 0 Å². The molecule has 0 fully saturated rings. The van der Waals surface area contributed by atoms with Gasteiger partial charge in [-0.3, -0.25) is 0 Å². The Labute approximate surface area is 117 Å². The predicted molar refractivity (Wildman–Crippen MR) is 84.4 cm³/mol. The first-order valence-electron chi connectivity index (χ1n) is 7.37. The smallest absolute Gasteiger partial charge is 0.0184 e. The van der Waals surface area contributed by atoms with Gasteiger partial charge in [0.2, 0.25) is 0 Å². The summed E-state index contributed by atoms with van der Waals surface area (Å²) in [5.41, 5.74) is 5.50. The van der Waals surface area contributed by atoms with Crippen LogP contribution < -0.4 is 0 Å². The van der Waals surface area contributed by atoms with E-state index in [1.807, 2.05) is 0 Å². The van der Waals surface area contributed by atoms with Gasteiger partial charge in [-0.05, 0) is 41.0 Å². The van der Waals surface area contributed by atoms with E-state index in [0.717, 1.165) is 12.3 Å². The van der Waals surface area contributed by atoms with Crippen LogP contribution in [0.3, 0.4) is 0 Å². The predicted octanol–water partition coefficient (Wildman–Crippen LogP) is 5.50. The Morgan fingerprint density at radius 1 is 0.737 bits per heavy atom. The molecule has 0 heteroatoms. The van der Waals surface area contributed by atoms with Gasteiger partial charge in [0.05, 0.1) is 0 Å². The SMILES string of the molecule is CCCc1ccc(-c2ccc(CC(C)C)cc2)cc1. The van der Waals surface area contributed by atoms with Gasteiger partial charge in [0, 0.05) is 0 Å². The first kappa shape index (κ1) is 13.9. The van der Waals surface area contributed by atoms with Gasteiger partial charge in [0.15, 0.2) is 0 Å². The second kappa shape index (κ2) is 6.56. The molecular weight excluding hydrogens is 228 g/mol. The molecule has 0 unspecified atom stereocenters. The normalized spacial score (nSPS) is 10.9. The average Bonchev–Trinajstić information content (AvgIpc) is 2.40. The van der Waals surface area contributed by atoms with Crippen LogP contribution >= 0.6 is 0 Å². The van der Waals surface area contributed by atoms with Gasteiger partial charge in [0.1, 0.15) is 0 Å². The standard InChI is InChI=1S/C19H24/c1-4-5-16-6-10-18(11-7-16)19-12-8-17(9-13-19)14-15(2)3/h6-13,15H,4-5,14H2,1-3H3. The Balaban J connectivity index is 2.13. The molecule has 100 valence electrons. The van der Waals surface area contributed by atoms with E-state index >= 15 is 0 Å². The molecule has 2 aromatic rings. The molecule has 0 amide bonds.